The van der Waals surface area contributed by atoms with Crippen LogP contribution < -0.4 is 26.6 Å². The van der Waals surface area contributed by atoms with Crippen molar-refractivity contribution in [2.45, 2.75) is 24.8 Å². The average Bonchev–Trinajstić information content (AvgIpc) is 3.08. The van der Waals surface area contributed by atoms with Crippen LogP contribution in [-0.2, 0) is 21.4 Å². The number of aromatic nitrogens is 3. The van der Waals surface area contributed by atoms with Gasteiger partial charge in [0.1, 0.15) is 11.6 Å². The van der Waals surface area contributed by atoms with Crippen LogP contribution in [0.1, 0.15) is 28.0 Å². The van der Waals surface area contributed by atoms with Gasteiger partial charge in [-0.05, 0) is 70.9 Å². The number of benzene rings is 2. The molecule has 50 heavy (non-hydrogen) atoms. The standard InChI is InChI=1S/C32H32BrFN10O5S/c1-19-15-22(7-8-25(19)39-31-37-17-23(33)30(41-31)38-26-4-2-3-24(34)28(26)29(35)46)50(48,49)43-13-11-42(12-14-43)18-20-5-6-21(16-36-20)44-10-9-27(45)40-32(44)47/h2-8,15-17H,9-14,18H2,1H3,(H2,35,46)(H,40,45,47)(H2,37,38,39,41). The molecule has 4 heterocycles. The second-order valence-corrected chi connectivity index (χ2v) is 14.4. The zero-order valence-electron chi connectivity index (χ0n) is 26.7. The Bertz CT molecular complexity index is 2080. The summed E-state index contributed by atoms with van der Waals surface area (Å²) >= 11 is 3.35. The summed E-state index contributed by atoms with van der Waals surface area (Å²) in [7, 11) is -3.78. The summed E-state index contributed by atoms with van der Waals surface area (Å²) in [6.07, 6.45) is 3.29. The Morgan fingerprint density at radius 3 is 2.46 bits per heavy atom. The number of carbonyl (C=O) groups excluding carboxylic acids is 3. The van der Waals surface area contributed by atoms with Crippen LogP contribution >= 0.6 is 15.9 Å². The van der Waals surface area contributed by atoms with E-state index in [-0.39, 0.29) is 40.2 Å². The predicted octanol–water partition coefficient (Wildman–Crippen LogP) is 3.62. The van der Waals surface area contributed by atoms with Gasteiger partial charge in [-0.25, -0.2) is 22.6 Å². The number of sulfonamides is 1. The molecule has 4 aromatic rings. The molecule has 2 aliphatic rings. The lowest BCUT2D eigenvalue weighted by Crippen LogP contribution is -2.49. The van der Waals surface area contributed by atoms with Crippen molar-refractivity contribution in [3.63, 3.8) is 0 Å². The van der Waals surface area contributed by atoms with E-state index in [9.17, 15) is 27.2 Å². The molecular weight excluding hydrogens is 735 g/mol. The maximum Gasteiger partial charge on any atom is 0.328 e. The molecule has 2 saturated heterocycles. The lowest BCUT2D eigenvalue weighted by molar-refractivity contribution is -0.120. The molecule has 0 radical (unpaired) electrons. The van der Waals surface area contributed by atoms with Crippen LogP contribution in [0.4, 0.5) is 38.0 Å². The van der Waals surface area contributed by atoms with Crippen LogP contribution in [0.15, 0.2) is 70.3 Å². The van der Waals surface area contributed by atoms with Crippen LogP contribution in [-0.4, -0.2) is 83.1 Å². The van der Waals surface area contributed by atoms with Gasteiger partial charge >= 0.3 is 6.03 Å². The van der Waals surface area contributed by atoms with Crippen LogP contribution in [0.2, 0.25) is 0 Å². The number of primary amides is 1. The minimum absolute atomic E-state index is 0.130. The number of nitrogens with one attached hydrogen (secondary N) is 3. The van der Waals surface area contributed by atoms with E-state index in [1.54, 1.807) is 31.3 Å². The third-order valence-electron chi connectivity index (χ3n) is 8.23. The van der Waals surface area contributed by atoms with E-state index in [2.05, 4.69) is 51.7 Å². The van der Waals surface area contributed by atoms with Gasteiger partial charge in [0.25, 0.3) is 5.91 Å². The van der Waals surface area contributed by atoms with E-state index in [1.807, 2.05) is 6.07 Å². The number of nitrogens with two attached hydrogens (primary N) is 1. The second-order valence-electron chi connectivity index (χ2n) is 11.6. The van der Waals surface area contributed by atoms with Gasteiger partial charge in [0.05, 0.1) is 38.2 Å². The number of rotatable bonds is 10. The molecule has 0 atom stereocenters. The molecule has 0 spiro atoms. The Balaban J connectivity index is 1.07. The number of pyridine rings is 1. The highest BCUT2D eigenvalue weighted by Crippen LogP contribution is 2.30. The van der Waals surface area contributed by atoms with Gasteiger partial charge < -0.3 is 16.4 Å². The monoisotopic (exact) mass is 766 g/mol. The lowest BCUT2D eigenvalue weighted by atomic mass is 10.1. The number of aryl methyl sites for hydroxylation is 1. The SMILES string of the molecule is Cc1cc(S(=O)(=O)N2CCN(Cc3ccc(N4CCC(=O)NC4=O)cn3)CC2)ccc1Nc1ncc(Br)c(Nc2cccc(F)c2C(N)=O)n1. The molecule has 6 rings (SSSR count). The van der Waals surface area contributed by atoms with Gasteiger partial charge in [0, 0.05) is 57.6 Å². The van der Waals surface area contributed by atoms with Gasteiger partial charge in [-0.2, -0.15) is 9.29 Å². The van der Waals surface area contributed by atoms with E-state index in [1.165, 1.54) is 33.6 Å². The number of amides is 4. The van der Waals surface area contributed by atoms with Gasteiger partial charge in [0.15, 0.2) is 0 Å². The van der Waals surface area contributed by atoms with E-state index in [4.69, 9.17) is 5.73 Å². The van der Waals surface area contributed by atoms with E-state index < -0.39 is 27.8 Å². The fourth-order valence-corrected chi connectivity index (χ4v) is 7.36. The quantitative estimate of drug-likeness (QED) is 0.184. The topological polar surface area (TPSA) is 196 Å². The number of anilines is 5. The molecule has 0 saturated carbocycles. The summed E-state index contributed by atoms with van der Waals surface area (Å²) in [5.41, 5.74) is 7.76. The zero-order chi connectivity index (χ0) is 35.6. The molecule has 260 valence electrons. The van der Waals surface area contributed by atoms with Crippen molar-refractivity contribution in [1.82, 2.24) is 29.5 Å². The Morgan fingerprint density at radius 1 is 1.00 bits per heavy atom. The minimum Gasteiger partial charge on any atom is -0.365 e. The Labute approximate surface area is 295 Å². The number of halogens is 2. The normalized spacial score (nSPS) is 15.9. The highest BCUT2D eigenvalue weighted by atomic mass is 79.9. The molecule has 18 heteroatoms. The number of nitrogens with zero attached hydrogens (tertiary/aromatic N) is 6. The molecule has 5 N–H and O–H groups in total. The van der Waals surface area contributed by atoms with Crippen molar-refractivity contribution in [2.75, 3.05) is 48.3 Å². The summed E-state index contributed by atoms with van der Waals surface area (Å²) in [6, 6.07) is 11.9. The van der Waals surface area contributed by atoms with Gasteiger partial charge in [-0.1, -0.05) is 6.07 Å². The van der Waals surface area contributed by atoms with Crippen LogP contribution in [0.5, 0.6) is 0 Å². The van der Waals surface area contributed by atoms with Gasteiger partial charge in [-0.15, -0.1) is 0 Å². The fraction of sp³-hybridized carbons (Fsp3) is 0.250. The summed E-state index contributed by atoms with van der Waals surface area (Å²) in [4.78, 5) is 52.3. The minimum atomic E-state index is -3.78. The van der Waals surface area contributed by atoms with Gasteiger partial charge in [0.2, 0.25) is 21.9 Å². The number of hydrogen-bond acceptors (Lipinski definition) is 11. The first-order valence-electron chi connectivity index (χ1n) is 15.4. The third-order valence-corrected chi connectivity index (χ3v) is 10.7. The summed E-state index contributed by atoms with van der Waals surface area (Å²) < 4.78 is 43.3. The molecule has 2 aliphatic heterocycles. The number of imide groups is 1. The lowest BCUT2D eigenvalue weighted by Gasteiger charge is -2.34. The molecule has 15 nitrogen and oxygen atoms in total. The molecule has 0 aliphatic carbocycles. The van der Waals surface area contributed by atoms with E-state index >= 15 is 0 Å². The van der Waals surface area contributed by atoms with Crippen molar-refractivity contribution < 1.29 is 27.2 Å². The molecule has 2 aromatic heterocycles. The first-order valence-corrected chi connectivity index (χ1v) is 17.7. The van der Waals surface area contributed by atoms with E-state index in [0.717, 1.165) is 11.8 Å². The summed E-state index contributed by atoms with van der Waals surface area (Å²) in [6.45, 7) is 4.18. The highest BCUT2D eigenvalue weighted by Gasteiger charge is 2.29. The Kier molecular flexibility index (Phi) is 10.1. The van der Waals surface area contributed by atoms with Crippen LogP contribution in [0.25, 0.3) is 0 Å². The largest absolute Gasteiger partial charge is 0.365 e. The van der Waals surface area contributed by atoms with Gasteiger partial charge in [-0.3, -0.25) is 29.7 Å². The predicted molar refractivity (Wildman–Crippen MR) is 186 cm³/mol. The fourth-order valence-electron chi connectivity index (χ4n) is 5.57. The molecular formula is C32H32BrFN10O5S. The van der Waals surface area contributed by atoms with Crippen molar-refractivity contribution in [3.05, 3.63) is 88.0 Å². The van der Waals surface area contributed by atoms with Crippen molar-refractivity contribution in [1.29, 1.82) is 0 Å². The highest BCUT2D eigenvalue weighted by molar-refractivity contribution is 9.10. The van der Waals surface area contributed by atoms with Crippen molar-refractivity contribution in [2.24, 2.45) is 5.73 Å². The average molecular weight is 768 g/mol. The molecule has 0 bridgehead atoms. The first kappa shape index (κ1) is 34.8. The molecule has 4 amide bonds. The number of hydrogen-bond donors (Lipinski definition) is 4. The Morgan fingerprint density at radius 2 is 1.78 bits per heavy atom. The number of piperazine rings is 1. The second kappa shape index (κ2) is 14.4. The zero-order valence-corrected chi connectivity index (χ0v) is 29.1. The number of urea groups is 1. The van der Waals surface area contributed by atoms with Crippen molar-refractivity contribution >= 4 is 72.6 Å². The smallest absolute Gasteiger partial charge is 0.328 e. The van der Waals surface area contributed by atoms with Crippen LogP contribution in [0, 0.1) is 12.7 Å². The van der Waals surface area contributed by atoms with Crippen LogP contribution in [0.3, 0.4) is 0 Å². The third kappa shape index (κ3) is 7.57. The maximum absolute atomic E-state index is 14.3. The first-order chi connectivity index (χ1) is 23.9. The molecule has 2 aromatic carbocycles. The number of carbonyl (C=O) groups is 3. The maximum atomic E-state index is 14.3. The Hall–Kier alpha value is -5.04. The molecule has 0 unspecified atom stereocenters. The summed E-state index contributed by atoms with van der Waals surface area (Å²) in [5, 5.41) is 8.28. The van der Waals surface area contributed by atoms with E-state index in [0.29, 0.717) is 60.7 Å². The van der Waals surface area contributed by atoms with Crippen molar-refractivity contribution in [3.8, 4) is 0 Å². The molecule has 2 fully saturated rings. The summed E-state index contributed by atoms with van der Waals surface area (Å²) in [5.74, 6) is -1.60.